The number of imidazole rings is 1. The van der Waals surface area contributed by atoms with Crippen molar-refractivity contribution in [1.82, 2.24) is 19.4 Å². The number of hydrogen-bond acceptors (Lipinski definition) is 4. The van der Waals surface area contributed by atoms with Crippen LogP contribution in [0.25, 0.3) is 0 Å². The quantitative estimate of drug-likeness (QED) is 0.770. The molecule has 1 aromatic carbocycles. The summed E-state index contributed by atoms with van der Waals surface area (Å²) >= 11 is 0. The monoisotopic (exact) mass is 347 g/mol. The minimum atomic E-state index is 0.151. The fourth-order valence-corrected chi connectivity index (χ4v) is 3.14. The minimum absolute atomic E-state index is 0.151. The average molecular weight is 347 g/mol. The largest absolute Gasteiger partial charge is 0.364 e. The molecule has 1 aliphatic rings. The number of rotatable bonds is 5. The average Bonchev–Trinajstić information content (AvgIpc) is 3.10. The van der Waals surface area contributed by atoms with E-state index in [1.807, 2.05) is 53.4 Å². The lowest BCUT2D eigenvalue weighted by atomic mass is 10.1. The highest BCUT2D eigenvalue weighted by Gasteiger charge is 2.22. The summed E-state index contributed by atoms with van der Waals surface area (Å²) in [7, 11) is 0. The summed E-state index contributed by atoms with van der Waals surface area (Å²) in [6, 6.07) is 15.6. The Labute approximate surface area is 152 Å². The van der Waals surface area contributed by atoms with Crippen LogP contribution in [0.4, 0.5) is 5.82 Å². The van der Waals surface area contributed by atoms with Crippen molar-refractivity contribution in [3.05, 3.63) is 78.0 Å². The van der Waals surface area contributed by atoms with Gasteiger partial charge in [0.05, 0.1) is 25.2 Å². The van der Waals surface area contributed by atoms with Crippen molar-refractivity contribution in [2.24, 2.45) is 0 Å². The SMILES string of the molecule is O=C(Cc1ccccc1)N1CCn2cc(CNc3ccccn3)nc2C1. The smallest absolute Gasteiger partial charge is 0.227 e. The molecule has 1 amide bonds. The molecule has 0 aliphatic carbocycles. The highest BCUT2D eigenvalue weighted by Crippen LogP contribution is 2.15. The Balaban J connectivity index is 1.38. The molecular weight excluding hydrogens is 326 g/mol. The molecule has 0 radical (unpaired) electrons. The number of carbonyl (C=O) groups excluding carboxylic acids is 1. The minimum Gasteiger partial charge on any atom is -0.364 e. The number of nitrogens with zero attached hydrogens (tertiary/aromatic N) is 4. The molecule has 132 valence electrons. The van der Waals surface area contributed by atoms with Gasteiger partial charge in [-0.05, 0) is 17.7 Å². The molecule has 0 saturated heterocycles. The topological polar surface area (TPSA) is 63.1 Å². The number of pyridine rings is 1. The van der Waals surface area contributed by atoms with E-state index in [4.69, 9.17) is 0 Å². The zero-order valence-electron chi connectivity index (χ0n) is 14.5. The Bertz CT molecular complexity index is 876. The fraction of sp³-hybridized carbons (Fsp3) is 0.250. The number of carbonyl (C=O) groups is 1. The van der Waals surface area contributed by atoms with Crippen molar-refractivity contribution in [2.45, 2.75) is 26.1 Å². The van der Waals surface area contributed by atoms with Crippen molar-refractivity contribution in [3.63, 3.8) is 0 Å². The number of amides is 1. The van der Waals surface area contributed by atoms with Crippen molar-refractivity contribution in [3.8, 4) is 0 Å². The van der Waals surface area contributed by atoms with Crippen molar-refractivity contribution in [2.75, 3.05) is 11.9 Å². The maximum atomic E-state index is 12.6. The van der Waals surface area contributed by atoms with E-state index in [0.29, 0.717) is 19.5 Å². The van der Waals surface area contributed by atoms with Gasteiger partial charge in [-0.2, -0.15) is 0 Å². The van der Waals surface area contributed by atoms with Crippen LogP contribution in [0.3, 0.4) is 0 Å². The molecule has 3 aromatic rings. The first-order valence-electron chi connectivity index (χ1n) is 8.79. The van der Waals surface area contributed by atoms with Gasteiger partial charge in [0.25, 0.3) is 0 Å². The third kappa shape index (κ3) is 3.74. The molecule has 0 saturated carbocycles. The summed E-state index contributed by atoms with van der Waals surface area (Å²) in [6.45, 7) is 2.69. The van der Waals surface area contributed by atoms with Gasteiger partial charge in [-0.25, -0.2) is 9.97 Å². The molecule has 6 heteroatoms. The van der Waals surface area contributed by atoms with Crippen molar-refractivity contribution < 1.29 is 4.79 Å². The molecule has 0 atom stereocenters. The second-order valence-corrected chi connectivity index (χ2v) is 6.39. The Morgan fingerprint density at radius 2 is 1.92 bits per heavy atom. The van der Waals surface area contributed by atoms with Gasteiger partial charge in [-0.1, -0.05) is 36.4 Å². The maximum Gasteiger partial charge on any atom is 0.227 e. The number of anilines is 1. The van der Waals surface area contributed by atoms with Crippen LogP contribution in [0.2, 0.25) is 0 Å². The van der Waals surface area contributed by atoms with E-state index in [1.165, 1.54) is 0 Å². The predicted octanol–water partition coefficient (Wildman–Crippen LogP) is 2.48. The van der Waals surface area contributed by atoms with E-state index in [9.17, 15) is 4.79 Å². The molecule has 3 heterocycles. The molecular formula is C20H21N5O. The molecule has 26 heavy (non-hydrogen) atoms. The second-order valence-electron chi connectivity index (χ2n) is 6.39. The molecule has 0 spiro atoms. The van der Waals surface area contributed by atoms with Crippen LogP contribution in [0.15, 0.2) is 60.9 Å². The summed E-state index contributed by atoms with van der Waals surface area (Å²) in [6.07, 6.45) is 4.26. The lowest BCUT2D eigenvalue weighted by Gasteiger charge is -2.27. The van der Waals surface area contributed by atoms with Crippen LogP contribution in [0.1, 0.15) is 17.1 Å². The molecule has 1 aliphatic heterocycles. The van der Waals surface area contributed by atoms with Crippen molar-refractivity contribution >= 4 is 11.7 Å². The maximum absolute atomic E-state index is 12.6. The Hall–Kier alpha value is -3.15. The number of hydrogen-bond donors (Lipinski definition) is 1. The zero-order chi connectivity index (χ0) is 17.8. The molecule has 2 aromatic heterocycles. The van der Waals surface area contributed by atoms with E-state index in [2.05, 4.69) is 26.0 Å². The first kappa shape index (κ1) is 16.3. The van der Waals surface area contributed by atoms with Gasteiger partial charge >= 0.3 is 0 Å². The van der Waals surface area contributed by atoms with Crippen LogP contribution in [0, 0.1) is 0 Å². The number of aromatic nitrogens is 3. The van der Waals surface area contributed by atoms with E-state index in [-0.39, 0.29) is 5.91 Å². The highest BCUT2D eigenvalue weighted by atomic mass is 16.2. The van der Waals surface area contributed by atoms with Gasteiger partial charge in [-0.3, -0.25) is 4.79 Å². The summed E-state index contributed by atoms with van der Waals surface area (Å²) in [5.41, 5.74) is 2.01. The van der Waals surface area contributed by atoms with Crippen LogP contribution < -0.4 is 5.32 Å². The molecule has 1 N–H and O–H groups in total. The van der Waals surface area contributed by atoms with E-state index in [0.717, 1.165) is 36.0 Å². The third-order valence-electron chi connectivity index (χ3n) is 4.52. The van der Waals surface area contributed by atoms with Crippen LogP contribution in [-0.2, 0) is 30.8 Å². The summed E-state index contributed by atoms with van der Waals surface area (Å²) < 4.78 is 2.14. The van der Waals surface area contributed by atoms with Gasteiger partial charge in [0.1, 0.15) is 11.6 Å². The second kappa shape index (κ2) is 7.39. The highest BCUT2D eigenvalue weighted by molar-refractivity contribution is 5.78. The van der Waals surface area contributed by atoms with Crippen molar-refractivity contribution in [1.29, 1.82) is 0 Å². The van der Waals surface area contributed by atoms with Gasteiger partial charge in [0.2, 0.25) is 5.91 Å². The first-order valence-corrected chi connectivity index (χ1v) is 8.79. The Morgan fingerprint density at radius 3 is 2.73 bits per heavy atom. The number of benzene rings is 1. The van der Waals surface area contributed by atoms with Gasteiger partial charge < -0.3 is 14.8 Å². The molecule has 4 rings (SSSR count). The fourth-order valence-electron chi connectivity index (χ4n) is 3.14. The molecule has 0 bridgehead atoms. The Morgan fingerprint density at radius 1 is 1.08 bits per heavy atom. The van der Waals surface area contributed by atoms with Gasteiger partial charge in [0.15, 0.2) is 0 Å². The Kier molecular flexibility index (Phi) is 4.64. The normalized spacial score (nSPS) is 13.3. The molecule has 0 fully saturated rings. The lowest BCUT2D eigenvalue weighted by Crippen LogP contribution is -2.39. The van der Waals surface area contributed by atoms with Gasteiger partial charge in [-0.15, -0.1) is 0 Å². The van der Waals surface area contributed by atoms with Crippen LogP contribution in [-0.4, -0.2) is 31.9 Å². The molecule has 0 unspecified atom stereocenters. The van der Waals surface area contributed by atoms with Crippen LogP contribution >= 0.6 is 0 Å². The predicted molar refractivity (Wildman–Crippen MR) is 99.4 cm³/mol. The first-order chi connectivity index (χ1) is 12.8. The zero-order valence-corrected chi connectivity index (χ0v) is 14.5. The third-order valence-corrected chi connectivity index (χ3v) is 4.52. The van der Waals surface area contributed by atoms with Gasteiger partial charge in [0, 0.05) is 25.5 Å². The van der Waals surface area contributed by atoms with E-state index < -0.39 is 0 Å². The molecule has 6 nitrogen and oxygen atoms in total. The van der Waals surface area contributed by atoms with E-state index in [1.54, 1.807) is 6.20 Å². The lowest BCUT2D eigenvalue weighted by molar-refractivity contribution is -0.132. The summed E-state index contributed by atoms with van der Waals surface area (Å²) in [5.74, 6) is 1.92. The standard InChI is InChI=1S/C20H21N5O/c26-20(12-16-6-2-1-3-7-16)25-11-10-24-14-17(23-19(24)15-25)13-22-18-8-4-5-9-21-18/h1-9,14H,10-13,15H2,(H,21,22). The number of nitrogens with one attached hydrogen (secondary N) is 1. The van der Waals surface area contributed by atoms with E-state index >= 15 is 0 Å². The van der Waals surface area contributed by atoms with Crippen LogP contribution in [0.5, 0.6) is 0 Å². The number of fused-ring (bicyclic) bond motifs is 1. The summed E-state index contributed by atoms with van der Waals surface area (Å²) in [4.78, 5) is 23.4. The summed E-state index contributed by atoms with van der Waals surface area (Å²) in [5, 5.41) is 3.27.